The zero-order chi connectivity index (χ0) is 18.2. The van der Waals surface area contributed by atoms with Crippen LogP contribution >= 0.6 is 0 Å². The lowest BCUT2D eigenvalue weighted by Gasteiger charge is -2.37. The number of non-ortho nitro benzene ring substituents is 1. The second kappa shape index (κ2) is 5.54. The van der Waals surface area contributed by atoms with E-state index in [2.05, 4.69) is 18.7 Å². The highest BCUT2D eigenvalue weighted by atomic mass is 16.6. The van der Waals surface area contributed by atoms with Crippen LogP contribution in [0.1, 0.15) is 38.7 Å². The standard InChI is InChI=1S/C21H27N3O2/c1-11(2)10-23-16-8-13-7-14(9-16)19-18(13)20(19)21(23)22-17-5-4-15(24(25)26)6-12(17)3/h4-6,11,13-14,16,18-20H,7-10H2,1-3H3. The molecule has 26 heavy (non-hydrogen) atoms. The molecule has 2 saturated heterocycles. The molecule has 0 N–H and O–H groups in total. The Balaban J connectivity index is 1.55. The third kappa shape index (κ3) is 2.32. The number of aryl methyl sites for hydroxylation is 1. The van der Waals surface area contributed by atoms with E-state index in [1.165, 1.54) is 25.1 Å². The Morgan fingerprint density at radius 2 is 1.92 bits per heavy atom. The maximum absolute atomic E-state index is 11.0. The van der Waals surface area contributed by atoms with Gasteiger partial charge in [-0.1, -0.05) is 13.8 Å². The quantitative estimate of drug-likeness (QED) is 0.589. The van der Waals surface area contributed by atoms with Crippen LogP contribution in [-0.2, 0) is 0 Å². The third-order valence-corrected chi connectivity index (χ3v) is 7.20. The number of amidine groups is 1. The monoisotopic (exact) mass is 353 g/mol. The van der Waals surface area contributed by atoms with Gasteiger partial charge in [0, 0.05) is 30.6 Å². The van der Waals surface area contributed by atoms with Crippen LogP contribution in [0.4, 0.5) is 11.4 Å². The fourth-order valence-electron chi connectivity index (χ4n) is 6.33. The van der Waals surface area contributed by atoms with Crippen molar-refractivity contribution in [2.75, 3.05) is 6.54 Å². The van der Waals surface area contributed by atoms with Crippen LogP contribution < -0.4 is 0 Å². The molecule has 1 aromatic carbocycles. The highest BCUT2D eigenvalue weighted by Crippen LogP contribution is 2.70. The average Bonchev–Trinajstić information content (AvgIpc) is 3.29. The zero-order valence-corrected chi connectivity index (χ0v) is 15.8. The molecule has 2 heterocycles. The van der Waals surface area contributed by atoms with E-state index in [1.807, 2.05) is 13.0 Å². The van der Waals surface area contributed by atoms with Gasteiger partial charge >= 0.3 is 0 Å². The summed E-state index contributed by atoms with van der Waals surface area (Å²) in [4.78, 5) is 18.5. The van der Waals surface area contributed by atoms with E-state index in [1.54, 1.807) is 12.1 Å². The second-order valence-corrected chi connectivity index (χ2v) is 9.31. The Labute approximate surface area is 154 Å². The molecule has 138 valence electrons. The van der Waals surface area contributed by atoms with E-state index in [4.69, 9.17) is 4.99 Å². The van der Waals surface area contributed by atoms with E-state index in [0.29, 0.717) is 17.9 Å². The SMILES string of the molecule is Cc1cc([N+](=O)[O-])ccc1N=C1C2C3C4CC(CC(C4)N1CC(C)C)C23. The van der Waals surface area contributed by atoms with Crippen LogP contribution in [0.3, 0.4) is 0 Å². The van der Waals surface area contributed by atoms with Crippen LogP contribution in [0, 0.1) is 52.5 Å². The molecule has 3 saturated carbocycles. The maximum Gasteiger partial charge on any atom is 0.269 e. The van der Waals surface area contributed by atoms with Crippen molar-refractivity contribution in [3.05, 3.63) is 33.9 Å². The number of fused-ring (bicyclic) bond motifs is 1. The number of hydrogen-bond donors (Lipinski definition) is 0. The molecule has 3 aliphatic carbocycles. The average molecular weight is 353 g/mol. The normalized spacial score (nSPS) is 38.2. The second-order valence-electron chi connectivity index (χ2n) is 9.31. The zero-order valence-electron chi connectivity index (χ0n) is 15.8. The molecule has 0 spiro atoms. The van der Waals surface area contributed by atoms with Gasteiger partial charge in [0.05, 0.1) is 10.6 Å². The van der Waals surface area contributed by atoms with E-state index in [0.717, 1.165) is 41.5 Å². The van der Waals surface area contributed by atoms with Gasteiger partial charge in [-0.25, -0.2) is 4.99 Å². The number of nitrogens with zero attached hydrogens (tertiary/aromatic N) is 3. The Hall–Kier alpha value is -1.91. The van der Waals surface area contributed by atoms with Gasteiger partial charge < -0.3 is 4.90 Å². The van der Waals surface area contributed by atoms with E-state index in [-0.39, 0.29) is 10.6 Å². The Morgan fingerprint density at radius 1 is 1.23 bits per heavy atom. The Bertz CT molecular complexity index is 784. The predicted octanol–water partition coefficient (Wildman–Crippen LogP) is 4.57. The van der Waals surface area contributed by atoms with Crippen LogP contribution in [0.25, 0.3) is 0 Å². The number of benzene rings is 1. The summed E-state index contributed by atoms with van der Waals surface area (Å²) in [5.74, 6) is 6.09. The first-order valence-corrected chi connectivity index (χ1v) is 10.0. The van der Waals surface area contributed by atoms with Gasteiger partial charge in [0.15, 0.2) is 0 Å². The number of rotatable bonds is 4. The number of hydrogen-bond acceptors (Lipinski definition) is 3. The van der Waals surface area contributed by atoms with Gasteiger partial charge in [0.25, 0.3) is 5.69 Å². The summed E-state index contributed by atoms with van der Waals surface area (Å²) in [7, 11) is 0. The summed E-state index contributed by atoms with van der Waals surface area (Å²) in [5.41, 5.74) is 1.95. The highest BCUT2D eigenvalue weighted by molar-refractivity contribution is 5.91. The fourth-order valence-corrected chi connectivity index (χ4v) is 6.33. The molecule has 4 unspecified atom stereocenters. The topological polar surface area (TPSA) is 58.7 Å². The summed E-state index contributed by atoms with van der Waals surface area (Å²) >= 11 is 0. The first-order chi connectivity index (χ1) is 12.4. The molecule has 2 aliphatic heterocycles. The molecule has 1 aromatic rings. The summed E-state index contributed by atoms with van der Waals surface area (Å²) in [6.45, 7) is 7.59. The fraction of sp³-hybridized carbons (Fsp3) is 0.667. The predicted molar refractivity (Wildman–Crippen MR) is 102 cm³/mol. The van der Waals surface area contributed by atoms with Crippen molar-refractivity contribution in [3.63, 3.8) is 0 Å². The van der Waals surface area contributed by atoms with Gasteiger partial charge in [-0.05, 0) is 67.4 Å². The molecular formula is C21H27N3O2. The van der Waals surface area contributed by atoms with Crippen LogP contribution in [0.2, 0.25) is 0 Å². The van der Waals surface area contributed by atoms with E-state index in [9.17, 15) is 10.1 Å². The molecule has 6 rings (SSSR count). The lowest BCUT2D eigenvalue weighted by atomic mass is 9.81. The number of nitro groups is 1. The molecule has 0 amide bonds. The summed E-state index contributed by atoms with van der Waals surface area (Å²) in [5, 5.41) is 11.0. The van der Waals surface area contributed by atoms with Crippen molar-refractivity contribution in [1.82, 2.24) is 4.90 Å². The van der Waals surface area contributed by atoms with Crippen molar-refractivity contribution < 1.29 is 4.92 Å². The van der Waals surface area contributed by atoms with Crippen LogP contribution in [-0.4, -0.2) is 28.2 Å². The molecule has 5 fully saturated rings. The van der Waals surface area contributed by atoms with Gasteiger partial charge in [-0.2, -0.15) is 0 Å². The first kappa shape index (κ1) is 16.3. The van der Waals surface area contributed by atoms with Gasteiger partial charge in [-0.15, -0.1) is 0 Å². The highest BCUT2D eigenvalue weighted by Gasteiger charge is 2.69. The lowest BCUT2D eigenvalue weighted by molar-refractivity contribution is -0.384. The molecule has 5 aliphatic rings. The van der Waals surface area contributed by atoms with Gasteiger partial charge in [-0.3, -0.25) is 10.1 Å². The first-order valence-electron chi connectivity index (χ1n) is 10.0. The molecule has 0 radical (unpaired) electrons. The van der Waals surface area contributed by atoms with Crippen LogP contribution in [0.15, 0.2) is 23.2 Å². The molecule has 5 heteroatoms. The van der Waals surface area contributed by atoms with E-state index < -0.39 is 0 Å². The van der Waals surface area contributed by atoms with E-state index >= 15 is 0 Å². The maximum atomic E-state index is 11.0. The summed E-state index contributed by atoms with van der Waals surface area (Å²) in [6, 6.07) is 5.73. The third-order valence-electron chi connectivity index (χ3n) is 7.20. The molecule has 4 atom stereocenters. The minimum atomic E-state index is -0.328. The smallest absolute Gasteiger partial charge is 0.269 e. The largest absolute Gasteiger partial charge is 0.357 e. The lowest BCUT2D eigenvalue weighted by Crippen LogP contribution is -2.43. The molecule has 0 aromatic heterocycles. The minimum absolute atomic E-state index is 0.150. The minimum Gasteiger partial charge on any atom is -0.357 e. The van der Waals surface area contributed by atoms with Gasteiger partial charge in [0.1, 0.15) is 5.84 Å². The number of aliphatic imine (C=N–C) groups is 1. The van der Waals surface area contributed by atoms with Crippen molar-refractivity contribution in [2.24, 2.45) is 40.5 Å². The van der Waals surface area contributed by atoms with Crippen LogP contribution in [0.5, 0.6) is 0 Å². The summed E-state index contributed by atoms with van der Waals surface area (Å²) in [6.07, 6.45) is 4.14. The molecule has 4 bridgehead atoms. The number of nitro benzene ring substituents is 1. The summed E-state index contributed by atoms with van der Waals surface area (Å²) < 4.78 is 0. The van der Waals surface area contributed by atoms with Crippen molar-refractivity contribution >= 4 is 17.2 Å². The van der Waals surface area contributed by atoms with Crippen molar-refractivity contribution in [3.8, 4) is 0 Å². The molecular weight excluding hydrogens is 326 g/mol. The Kier molecular flexibility index (Phi) is 3.47. The van der Waals surface area contributed by atoms with Crippen molar-refractivity contribution in [2.45, 2.75) is 46.1 Å². The Morgan fingerprint density at radius 3 is 2.50 bits per heavy atom. The van der Waals surface area contributed by atoms with Crippen molar-refractivity contribution in [1.29, 1.82) is 0 Å². The van der Waals surface area contributed by atoms with Gasteiger partial charge in [0.2, 0.25) is 0 Å². The molecule has 5 nitrogen and oxygen atoms in total.